The molecule has 2 rings (SSSR count). The highest BCUT2D eigenvalue weighted by atomic mass is 19.1. The molecule has 0 bridgehead atoms. The van der Waals surface area contributed by atoms with Gasteiger partial charge in [0.05, 0.1) is 0 Å². The van der Waals surface area contributed by atoms with Crippen molar-refractivity contribution in [3.8, 4) is 5.88 Å². The van der Waals surface area contributed by atoms with Crippen LogP contribution in [0.4, 0.5) is 4.39 Å². The van der Waals surface area contributed by atoms with E-state index in [-0.39, 0.29) is 6.61 Å². The second kappa shape index (κ2) is 8.23. The Bertz CT molecular complexity index is 408. The van der Waals surface area contributed by atoms with Crippen LogP contribution in [0.2, 0.25) is 0 Å². The lowest BCUT2D eigenvalue weighted by Crippen LogP contribution is -2.15. The normalized spacial score (nSPS) is 15.7. The molecule has 0 fully saturated rings. The maximum Gasteiger partial charge on any atom is 0.216 e. The number of nitrogens with zero attached hydrogens (tertiary/aromatic N) is 1. The molecular weight excluding hydrogens is 253 g/mol. The summed E-state index contributed by atoms with van der Waals surface area (Å²) in [6.07, 6.45) is 10.5. The first-order valence-electron chi connectivity index (χ1n) is 8.05. The molecule has 1 aromatic rings. The Hall–Kier alpha value is -1.12. The van der Waals surface area contributed by atoms with Gasteiger partial charge in [-0.2, -0.15) is 0 Å². The summed E-state index contributed by atoms with van der Waals surface area (Å²) in [5.74, 6) is 0.665. The summed E-state index contributed by atoms with van der Waals surface area (Å²) in [7, 11) is 0. The Balaban J connectivity index is 1.79. The van der Waals surface area contributed by atoms with E-state index in [1.807, 2.05) is 0 Å². The molecule has 1 aliphatic rings. The molecule has 0 amide bonds. The number of aromatic nitrogens is 1. The molecule has 1 atom stereocenters. The van der Waals surface area contributed by atoms with E-state index in [1.165, 1.54) is 36.8 Å². The number of hydrogen-bond donors (Lipinski definition) is 0. The molecule has 1 aromatic heterocycles. The number of hydrogen-bond acceptors (Lipinski definition) is 2. The highest BCUT2D eigenvalue weighted by Gasteiger charge is 2.16. The van der Waals surface area contributed by atoms with Crippen LogP contribution >= 0.6 is 0 Å². The molecule has 3 heteroatoms. The van der Waals surface area contributed by atoms with Crippen LogP contribution in [-0.4, -0.2) is 17.8 Å². The van der Waals surface area contributed by atoms with Gasteiger partial charge in [-0.15, -0.1) is 0 Å². The first-order valence-corrected chi connectivity index (χ1v) is 8.05. The molecule has 1 unspecified atom stereocenters. The van der Waals surface area contributed by atoms with E-state index >= 15 is 0 Å². The third-order valence-corrected chi connectivity index (χ3v) is 4.01. The zero-order valence-electron chi connectivity index (χ0n) is 12.5. The smallest absolute Gasteiger partial charge is 0.216 e. The SMILES string of the molecule is CCCCCCC(F)COc1nccc2c1CCCC2. The largest absolute Gasteiger partial charge is 0.474 e. The van der Waals surface area contributed by atoms with Gasteiger partial charge in [0, 0.05) is 11.8 Å². The Morgan fingerprint density at radius 3 is 2.95 bits per heavy atom. The number of unbranched alkanes of at least 4 members (excludes halogenated alkanes) is 3. The lowest BCUT2D eigenvalue weighted by atomic mass is 9.93. The maximum atomic E-state index is 13.8. The number of pyridine rings is 1. The molecule has 20 heavy (non-hydrogen) atoms. The van der Waals surface area contributed by atoms with Crippen molar-refractivity contribution in [1.29, 1.82) is 0 Å². The molecule has 0 radical (unpaired) electrons. The number of aryl methyl sites for hydroxylation is 1. The molecule has 0 saturated carbocycles. The molecule has 0 aromatic carbocycles. The van der Waals surface area contributed by atoms with Gasteiger partial charge >= 0.3 is 0 Å². The summed E-state index contributed by atoms with van der Waals surface area (Å²) < 4.78 is 19.4. The summed E-state index contributed by atoms with van der Waals surface area (Å²) in [4.78, 5) is 4.28. The minimum absolute atomic E-state index is 0.148. The van der Waals surface area contributed by atoms with Crippen molar-refractivity contribution in [3.05, 3.63) is 23.4 Å². The van der Waals surface area contributed by atoms with E-state index in [4.69, 9.17) is 4.74 Å². The number of ether oxygens (including phenoxy) is 1. The monoisotopic (exact) mass is 279 g/mol. The van der Waals surface area contributed by atoms with E-state index in [0.29, 0.717) is 12.3 Å². The van der Waals surface area contributed by atoms with Gasteiger partial charge in [0.1, 0.15) is 12.8 Å². The zero-order chi connectivity index (χ0) is 14.2. The first-order chi connectivity index (χ1) is 9.81. The van der Waals surface area contributed by atoms with Gasteiger partial charge in [0.25, 0.3) is 0 Å². The number of alkyl halides is 1. The van der Waals surface area contributed by atoms with Gasteiger partial charge < -0.3 is 4.74 Å². The molecule has 0 N–H and O–H groups in total. The molecule has 1 heterocycles. The summed E-state index contributed by atoms with van der Waals surface area (Å²) in [6.45, 7) is 2.32. The van der Waals surface area contributed by atoms with Gasteiger partial charge in [-0.3, -0.25) is 0 Å². The van der Waals surface area contributed by atoms with Gasteiger partial charge in [-0.25, -0.2) is 9.37 Å². The van der Waals surface area contributed by atoms with Crippen LogP contribution in [0.3, 0.4) is 0 Å². The minimum Gasteiger partial charge on any atom is -0.474 e. The lowest BCUT2D eigenvalue weighted by molar-refractivity contribution is 0.177. The van der Waals surface area contributed by atoms with E-state index in [2.05, 4.69) is 18.0 Å². The summed E-state index contributed by atoms with van der Waals surface area (Å²) in [5.41, 5.74) is 2.54. The summed E-state index contributed by atoms with van der Waals surface area (Å²) >= 11 is 0. The molecule has 0 spiro atoms. The first kappa shape index (κ1) is 15.3. The van der Waals surface area contributed by atoms with Crippen LogP contribution in [0.1, 0.15) is 63.0 Å². The highest BCUT2D eigenvalue weighted by molar-refractivity contribution is 5.36. The minimum atomic E-state index is -0.867. The van der Waals surface area contributed by atoms with Gasteiger partial charge in [-0.1, -0.05) is 32.6 Å². The van der Waals surface area contributed by atoms with Crippen molar-refractivity contribution in [2.45, 2.75) is 70.9 Å². The molecule has 2 nitrogen and oxygen atoms in total. The van der Waals surface area contributed by atoms with Crippen molar-refractivity contribution in [2.24, 2.45) is 0 Å². The van der Waals surface area contributed by atoms with Gasteiger partial charge in [0.2, 0.25) is 5.88 Å². The van der Waals surface area contributed by atoms with E-state index in [1.54, 1.807) is 6.20 Å². The van der Waals surface area contributed by atoms with Crippen molar-refractivity contribution in [3.63, 3.8) is 0 Å². The fraction of sp³-hybridized carbons (Fsp3) is 0.706. The zero-order valence-corrected chi connectivity index (χ0v) is 12.5. The van der Waals surface area contributed by atoms with Crippen molar-refractivity contribution >= 4 is 0 Å². The standard InChI is InChI=1S/C17H26FNO/c1-2-3-4-5-9-15(18)13-20-17-16-10-7-6-8-14(16)11-12-19-17/h11-12,15H,2-10,13H2,1H3. The molecule has 0 aliphatic heterocycles. The molecular formula is C17H26FNO. The Morgan fingerprint density at radius 1 is 1.25 bits per heavy atom. The third-order valence-electron chi connectivity index (χ3n) is 4.01. The number of rotatable bonds is 8. The van der Waals surface area contributed by atoms with E-state index < -0.39 is 6.17 Å². The van der Waals surface area contributed by atoms with Crippen LogP contribution in [-0.2, 0) is 12.8 Å². The highest BCUT2D eigenvalue weighted by Crippen LogP contribution is 2.27. The van der Waals surface area contributed by atoms with E-state index in [9.17, 15) is 4.39 Å². The average Bonchev–Trinajstić information content (AvgIpc) is 2.49. The second-order valence-corrected chi connectivity index (χ2v) is 5.72. The molecule has 0 saturated heterocycles. The van der Waals surface area contributed by atoms with Gasteiger partial charge in [-0.05, 0) is 43.7 Å². The Kier molecular flexibility index (Phi) is 6.28. The Labute approximate surface area is 121 Å². The van der Waals surface area contributed by atoms with E-state index in [0.717, 1.165) is 25.7 Å². The maximum absolute atomic E-state index is 13.8. The third kappa shape index (κ3) is 4.46. The topological polar surface area (TPSA) is 22.1 Å². The summed E-state index contributed by atoms with van der Waals surface area (Å²) in [6, 6.07) is 2.07. The molecule has 112 valence electrons. The molecule has 1 aliphatic carbocycles. The number of fused-ring (bicyclic) bond motifs is 1. The van der Waals surface area contributed by atoms with Crippen molar-refractivity contribution in [1.82, 2.24) is 4.98 Å². The lowest BCUT2D eigenvalue weighted by Gasteiger charge is -2.19. The fourth-order valence-corrected chi connectivity index (χ4v) is 2.80. The van der Waals surface area contributed by atoms with Crippen LogP contribution in [0, 0.1) is 0 Å². The predicted molar refractivity (Wildman–Crippen MR) is 80.0 cm³/mol. The quantitative estimate of drug-likeness (QED) is 0.646. The fourth-order valence-electron chi connectivity index (χ4n) is 2.80. The number of halogens is 1. The second-order valence-electron chi connectivity index (χ2n) is 5.72. The summed E-state index contributed by atoms with van der Waals surface area (Å²) in [5, 5.41) is 0. The van der Waals surface area contributed by atoms with Crippen LogP contribution in [0.25, 0.3) is 0 Å². The van der Waals surface area contributed by atoms with Crippen molar-refractivity contribution in [2.75, 3.05) is 6.61 Å². The van der Waals surface area contributed by atoms with Crippen LogP contribution in [0.5, 0.6) is 5.88 Å². The average molecular weight is 279 g/mol. The van der Waals surface area contributed by atoms with Crippen LogP contribution in [0.15, 0.2) is 12.3 Å². The van der Waals surface area contributed by atoms with Crippen LogP contribution < -0.4 is 4.74 Å². The Morgan fingerprint density at radius 2 is 2.10 bits per heavy atom. The predicted octanol–water partition coefficient (Wildman–Crippen LogP) is 4.65. The van der Waals surface area contributed by atoms with Crippen molar-refractivity contribution < 1.29 is 9.13 Å². The van der Waals surface area contributed by atoms with Gasteiger partial charge in [0.15, 0.2) is 0 Å².